The van der Waals surface area contributed by atoms with Gasteiger partial charge in [0, 0.05) is 18.7 Å². The second kappa shape index (κ2) is 8.57. The van der Waals surface area contributed by atoms with Crippen molar-refractivity contribution in [3.63, 3.8) is 0 Å². The number of aromatic nitrogens is 1. The van der Waals surface area contributed by atoms with Crippen LogP contribution >= 0.6 is 11.3 Å². The number of nitrogens with zero attached hydrogens (tertiary/aromatic N) is 2. The summed E-state index contributed by atoms with van der Waals surface area (Å²) in [6, 6.07) is 10.2. The maximum absolute atomic E-state index is 12.9. The molecule has 9 heteroatoms. The zero-order chi connectivity index (χ0) is 22.2. The Hall–Kier alpha value is -2.49. The molecule has 4 rings (SSSR count). The Bertz CT molecular complexity index is 1220. The molecule has 1 aliphatic rings. The molecule has 2 heterocycles. The van der Waals surface area contributed by atoms with Gasteiger partial charge in [0.05, 0.1) is 15.1 Å². The number of anilines is 1. The van der Waals surface area contributed by atoms with E-state index in [4.69, 9.17) is 0 Å². The van der Waals surface area contributed by atoms with Crippen LogP contribution in [0.2, 0.25) is 0 Å². The number of benzene rings is 2. The number of fused-ring (bicyclic) bond motifs is 1. The van der Waals surface area contributed by atoms with E-state index in [1.165, 1.54) is 39.9 Å². The van der Waals surface area contributed by atoms with Crippen LogP contribution < -0.4 is 10.9 Å². The molecule has 0 spiro atoms. The maximum Gasteiger partial charge on any atom is 0.269 e. The largest absolute Gasteiger partial charge is 0.273 e. The van der Waals surface area contributed by atoms with Gasteiger partial charge in [0.25, 0.3) is 5.91 Å². The van der Waals surface area contributed by atoms with E-state index in [2.05, 4.69) is 28.8 Å². The zero-order valence-corrected chi connectivity index (χ0v) is 19.4. The average molecular weight is 459 g/mol. The van der Waals surface area contributed by atoms with Crippen LogP contribution in [0.5, 0.6) is 0 Å². The fourth-order valence-electron chi connectivity index (χ4n) is 3.90. The van der Waals surface area contributed by atoms with Gasteiger partial charge in [-0.05, 0) is 74.1 Å². The number of nitrogens with one attached hydrogen (secondary N) is 2. The number of hydrogen-bond donors (Lipinski definition) is 2. The van der Waals surface area contributed by atoms with Gasteiger partial charge in [0.1, 0.15) is 0 Å². The van der Waals surface area contributed by atoms with Crippen molar-refractivity contribution < 1.29 is 13.2 Å². The van der Waals surface area contributed by atoms with Crippen molar-refractivity contribution in [3.8, 4) is 0 Å². The van der Waals surface area contributed by atoms with Crippen molar-refractivity contribution in [2.45, 2.75) is 38.5 Å². The lowest BCUT2D eigenvalue weighted by Gasteiger charge is -2.30. The molecule has 0 unspecified atom stereocenters. The third kappa shape index (κ3) is 4.58. The first kappa shape index (κ1) is 21.7. The van der Waals surface area contributed by atoms with Crippen molar-refractivity contribution >= 4 is 42.6 Å². The Balaban J connectivity index is 1.43. The second-order valence-electron chi connectivity index (χ2n) is 8.16. The van der Waals surface area contributed by atoms with E-state index >= 15 is 0 Å². The number of hydrazine groups is 1. The van der Waals surface area contributed by atoms with Gasteiger partial charge in [-0.2, -0.15) is 4.31 Å². The van der Waals surface area contributed by atoms with Crippen molar-refractivity contribution in [1.29, 1.82) is 0 Å². The smallest absolute Gasteiger partial charge is 0.269 e. The fraction of sp³-hybridized carbons (Fsp3) is 0.364. The highest BCUT2D eigenvalue weighted by Gasteiger charge is 2.28. The lowest BCUT2D eigenvalue weighted by molar-refractivity contribution is 0.0962. The minimum absolute atomic E-state index is 0.211. The number of carbonyl (C=O) groups is 1. The summed E-state index contributed by atoms with van der Waals surface area (Å²) in [6.07, 6.45) is 1.92. The minimum Gasteiger partial charge on any atom is -0.273 e. The molecule has 31 heavy (non-hydrogen) atoms. The van der Waals surface area contributed by atoms with Crippen LogP contribution in [0, 0.1) is 19.8 Å². The summed E-state index contributed by atoms with van der Waals surface area (Å²) < 4.78 is 28.3. The third-order valence-electron chi connectivity index (χ3n) is 5.48. The summed E-state index contributed by atoms with van der Waals surface area (Å²) in [4.78, 5) is 17.2. The van der Waals surface area contributed by atoms with E-state index < -0.39 is 10.0 Å². The van der Waals surface area contributed by atoms with Crippen molar-refractivity contribution in [2.24, 2.45) is 5.92 Å². The molecule has 1 saturated heterocycles. The topological polar surface area (TPSA) is 91.4 Å². The third-order valence-corrected chi connectivity index (χ3v) is 8.48. The fourth-order valence-corrected chi connectivity index (χ4v) is 6.37. The molecular formula is C22H26N4O3S2. The van der Waals surface area contributed by atoms with Crippen LogP contribution in [-0.4, -0.2) is 36.7 Å². The predicted molar refractivity (Wildman–Crippen MR) is 124 cm³/mol. The molecule has 2 N–H and O–H groups in total. The normalized spacial score (nSPS) is 17.6. The lowest BCUT2D eigenvalue weighted by Crippen LogP contribution is -2.39. The molecule has 0 saturated carbocycles. The molecule has 0 aliphatic carbocycles. The summed E-state index contributed by atoms with van der Waals surface area (Å²) >= 11 is 1.47. The summed E-state index contributed by atoms with van der Waals surface area (Å²) in [6.45, 7) is 7.21. The van der Waals surface area contributed by atoms with Crippen molar-refractivity contribution in [2.75, 3.05) is 18.5 Å². The van der Waals surface area contributed by atoms with E-state index in [0.717, 1.165) is 34.2 Å². The molecule has 7 nitrogen and oxygen atoms in total. The maximum atomic E-state index is 12.9. The number of amides is 1. The van der Waals surface area contributed by atoms with Gasteiger partial charge in [-0.25, -0.2) is 13.4 Å². The molecule has 2 aromatic carbocycles. The van der Waals surface area contributed by atoms with Gasteiger partial charge in [0.2, 0.25) is 15.2 Å². The summed E-state index contributed by atoms with van der Waals surface area (Å²) in [7, 11) is -3.54. The standard InChI is InChI=1S/C22H26N4O3S2/c1-14-5-4-10-26(13-14)31(28,29)18-8-6-17(7-9-18)21(27)24-25-22-23-19-12-15(2)11-16(3)20(19)30-22/h6-9,11-12,14H,4-5,10,13H2,1-3H3,(H,23,25)(H,24,27)/t14-/m1/s1. The first-order valence-corrected chi connectivity index (χ1v) is 12.5. The number of rotatable bonds is 5. The highest BCUT2D eigenvalue weighted by atomic mass is 32.2. The van der Waals surface area contributed by atoms with Gasteiger partial charge < -0.3 is 0 Å². The lowest BCUT2D eigenvalue weighted by atomic mass is 10.0. The van der Waals surface area contributed by atoms with Crippen LogP contribution in [0.3, 0.4) is 0 Å². The number of piperidine rings is 1. The Morgan fingerprint density at radius 3 is 2.65 bits per heavy atom. The Labute approximate surface area is 186 Å². The monoisotopic (exact) mass is 458 g/mol. The number of aryl methyl sites for hydroxylation is 2. The predicted octanol–water partition coefficient (Wildman–Crippen LogP) is 4.09. The molecule has 1 amide bonds. The number of hydrogen-bond acceptors (Lipinski definition) is 6. The van der Waals surface area contributed by atoms with Crippen LogP contribution in [0.4, 0.5) is 5.13 Å². The summed E-state index contributed by atoms with van der Waals surface area (Å²) in [5.41, 5.74) is 9.04. The second-order valence-corrected chi connectivity index (χ2v) is 11.1. The molecule has 0 bridgehead atoms. The van der Waals surface area contributed by atoms with Gasteiger partial charge >= 0.3 is 0 Å². The first-order chi connectivity index (χ1) is 14.7. The van der Waals surface area contributed by atoms with Crippen molar-refractivity contribution in [3.05, 3.63) is 53.1 Å². The summed E-state index contributed by atoms with van der Waals surface area (Å²) in [5.74, 6) is -0.00226. The number of carbonyl (C=O) groups excluding carboxylic acids is 1. The molecule has 164 valence electrons. The average Bonchev–Trinajstić information content (AvgIpc) is 3.15. The molecule has 1 fully saturated rings. The van der Waals surface area contributed by atoms with Gasteiger partial charge in [0.15, 0.2) is 0 Å². The van der Waals surface area contributed by atoms with Crippen LogP contribution in [-0.2, 0) is 10.0 Å². The van der Waals surface area contributed by atoms with E-state index in [9.17, 15) is 13.2 Å². The highest BCUT2D eigenvalue weighted by Crippen LogP contribution is 2.29. The van der Waals surface area contributed by atoms with E-state index in [1.807, 2.05) is 19.9 Å². The van der Waals surface area contributed by atoms with Crippen LogP contribution in [0.1, 0.15) is 41.3 Å². The Morgan fingerprint density at radius 2 is 1.94 bits per heavy atom. The van der Waals surface area contributed by atoms with E-state index in [0.29, 0.717) is 29.7 Å². The number of thiazole rings is 1. The minimum atomic E-state index is -3.54. The molecule has 3 aromatic rings. The molecule has 1 aromatic heterocycles. The van der Waals surface area contributed by atoms with Crippen LogP contribution in [0.25, 0.3) is 10.2 Å². The van der Waals surface area contributed by atoms with Crippen LogP contribution in [0.15, 0.2) is 41.3 Å². The van der Waals surface area contributed by atoms with E-state index in [-0.39, 0.29) is 10.8 Å². The molecular weight excluding hydrogens is 432 g/mol. The van der Waals surface area contributed by atoms with Gasteiger partial charge in [-0.1, -0.05) is 24.3 Å². The number of sulfonamides is 1. The first-order valence-electron chi connectivity index (χ1n) is 10.3. The Kier molecular flexibility index (Phi) is 6.00. The van der Waals surface area contributed by atoms with Gasteiger partial charge in [-0.15, -0.1) is 0 Å². The van der Waals surface area contributed by atoms with Crippen molar-refractivity contribution in [1.82, 2.24) is 14.7 Å². The SMILES string of the molecule is Cc1cc(C)c2sc(NNC(=O)c3ccc(S(=O)(=O)N4CCC[C@@H](C)C4)cc3)nc2c1. The van der Waals surface area contributed by atoms with E-state index in [1.54, 1.807) is 0 Å². The molecule has 0 radical (unpaired) electrons. The zero-order valence-electron chi connectivity index (χ0n) is 17.8. The van der Waals surface area contributed by atoms with Gasteiger partial charge in [-0.3, -0.25) is 15.6 Å². The quantitative estimate of drug-likeness (QED) is 0.562. The highest BCUT2D eigenvalue weighted by molar-refractivity contribution is 7.89. The summed E-state index contributed by atoms with van der Waals surface area (Å²) in [5, 5.41) is 0.593. The Morgan fingerprint density at radius 1 is 1.19 bits per heavy atom. The molecule has 1 aliphatic heterocycles. The molecule has 1 atom stereocenters.